The first-order valence-corrected chi connectivity index (χ1v) is 10.3. The minimum Gasteiger partial charge on any atom is -0.492 e. The van der Waals surface area contributed by atoms with Gasteiger partial charge in [0.1, 0.15) is 16.2 Å². The van der Waals surface area contributed by atoms with Crippen LogP contribution in [0.4, 0.5) is 0 Å². The standard InChI is InChI=1S/C17H22ClN3O4S/c1-11-19-16(25-20-11)17(2,3)21-26(22,23)15-10-13(18)6-7-14(15)24-9-8-12-4-5-12/h6-7,10,12,21H,4-5,8-9H2,1-3H3. The average molecular weight is 400 g/mol. The molecule has 7 nitrogen and oxygen atoms in total. The van der Waals surface area contributed by atoms with E-state index in [4.69, 9.17) is 20.9 Å². The van der Waals surface area contributed by atoms with Crippen LogP contribution in [0.1, 0.15) is 44.8 Å². The number of benzene rings is 1. The molecule has 0 atom stereocenters. The van der Waals surface area contributed by atoms with Crippen LogP contribution >= 0.6 is 11.6 Å². The van der Waals surface area contributed by atoms with Crippen molar-refractivity contribution in [1.82, 2.24) is 14.9 Å². The van der Waals surface area contributed by atoms with Crippen LogP contribution in [0.25, 0.3) is 0 Å². The van der Waals surface area contributed by atoms with Crippen LogP contribution in [0.15, 0.2) is 27.6 Å². The monoisotopic (exact) mass is 399 g/mol. The summed E-state index contributed by atoms with van der Waals surface area (Å²) >= 11 is 6.02. The molecule has 0 aliphatic heterocycles. The van der Waals surface area contributed by atoms with E-state index in [0.29, 0.717) is 23.4 Å². The van der Waals surface area contributed by atoms with Crippen molar-refractivity contribution < 1.29 is 17.7 Å². The van der Waals surface area contributed by atoms with E-state index >= 15 is 0 Å². The van der Waals surface area contributed by atoms with Gasteiger partial charge in [-0.05, 0) is 51.3 Å². The highest BCUT2D eigenvalue weighted by Crippen LogP contribution is 2.34. The van der Waals surface area contributed by atoms with Crippen LogP contribution in [0.5, 0.6) is 5.75 Å². The maximum atomic E-state index is 13.0. The predicted octanol–water partition coefficient (Wildman–Crippen LogP) is 3.42. The lowest BCUT2D eigenvalue weighted by molar-refractivity contribution is 0.289. The van der Waals surface area contributed by atoms with Crippen molar-refractivity contribution in [2.24, 2.45) is 5.92 Å². The average Bonchev–Trinajstić information content (AvgIpc) is 3.26. The number of hydrogen-bond donors (Lipinski definition) is 1. The third-order valence-electron chi connectivity index (χ3n) is 4.13. The quantitative estimate of drug-likeness (QED) is 0.730. The van der Waals surface area contributed by atoms with Crippen molar-refractivity contribution in [1.29, 1.82) is 0 Å². The second kappa shape index (κ2) is 7.17. The lowest BCUT2D eigenvalue weighted by atomic mass is 10.1. The van der Waals surface area contributed by atoms with E-state index < -0.39 is 15.6 Å². The Kier molecular flexibility index (Phi) is 5.28. The van der Waals surface area contributed by atoms with Gasteiger partial charge in [0.25, 0.3) is 0 Å². The number of nitrogens with one attached hydrogen (secondary N) is 1. The van der Waals surface area contributed by atoms with E-state index in [1.54, 1.807) is 32.9 Å². The highest BCUT2D eigenvalue weighted by molar-refractivity contribution is 7.89. The van der Waals surface area contributed by atoms with Gasteiger partial charge in [-0.2, -0.15) is 9.71 Å². The summed E-state index contributed by atoms with van der Waals surface area (Å²) in [6, 6.07) is 4.57. The van der Waals surface area contributed by atoms with Crippen molar-refractivity contribution in [2.75, 3.05) is 6.61 Å². The molecule has 0 amide bonds. The van der Waals surface area contributed by atoms with Gasteiger partial charge in [-0.3, -0.25) is 0 Å². The van der Waals surface area contributed by atoms with Gasteiger partial charge in [0.2, 0.25) is 15.9 Å². The summed E-state index contributed by atoms with van der Waals surface area (Å²) in [7, 11) is -3.93. The van der Waals surface area contributed by atoms with E-state index in [0.717, 1.165) is 6.42 Å². The third-order valence-corrected chi connectivity index (χ3v) is 6.04. The van der Waals surface area contributed by atoms with Crippen molar-refractivity contribution in [3.63, 3.8) is 0 Å². The Morgan fingerprint density at radius 1 is 1.38 bits per heavy atom. The molecule has 0 saturated heterocycles. The molecule has 9 heteroatoms. The fourth-order valence-electron chi connectivity index (χ4n) is 2.54. The van der Waals surface area contributed by atoms with Gasteiger partial charge in [-0.25, -0.2) is 8.42 Å². The number of halogens is 1. The molecule has 142 valence electrons. The van der Waals surface area contributed by atoms with Gasteiger partial charge >= 0.3 is 0 Å². The Hall–Kier alpha value is -1.64. The summed E-state index contributed by atoms with van der Waals surface area (Å²) < 4.78 is 39.4. The van der Waals surface area contributed by atoms with Crippen molar-refractivity contribution in [2.45, 2.75) is 50.5 Å². The maximum absolute atomic E-state index is 13.0. The molecule has 1 fully saturated rings. The molecule has 0 bridgehead atoms. The van der Waals surface area contributed by atoms with Crippen LogP contribution in [0, 0.1) is 12.8 Å². The summed E-state index contributed by atoms with van der Waals surface area (Å²) in [5, 5.41) is 4.02. The molecule has 1 aliphatic carbocycles. The summed E-state index contributed by atoms with van der Waals surface area (Å²) in [5.41, 5.74) is -1.09. The number of aryl methyl sites for hydroxylation is 1. The molecule has 26 heavy (non-hydrogen) atoms. The molecular weight excluding hydrogens is 378 g/mol. The summed E-state index contributed by atoms with van der Waals surface area (Å²) in [6.45, 7) is 5.44. The number of sulfonamides is 1. The van der Waals surface area contributed by atoms with E-state index in [1.807, 2.05) is 0 Å². The lowest BCUT2D eigenvalue weighted by Crippen LogP contribution is -2.41. The number of ether oxygens (including phenoxy) is 1. The smallest absolute Gasteiger partial charge is 0.247 e. The van der Waals surface area contributed by atoms with E-state index in [9.17, 15) is 8.42 Å². The predicted molar refractivity (Wildman–Crippen MR) is 96.7 cm³/mol. The van der Waals surface area contributed by atoms with Crippen LogP contribution < -0.4 is 9.46 Å². The van der Waals surface area contributed by atoms with Crippen molar-refractivity contribution in [3.8, 4) is 5.75 Å². The van der Waals surface area contributed by atoms with Gasteiger partial charge in [0.05, 0.1) is 6.61 Å². The first-order valence-electron chi connectivity index (χ1n) is 8.44. The highest BCUT2D eigenvalue weighted by atomic mass is 35.5. The van der Waals surface area contributed by atoms with Gasteiger partial charge in [-0.15, -0.1) is 0 Å². The Labute approximate surface area is 158 Å². The Balaban J connectivity index is 1.84. The molecule has 1 N–H and O–H groups in total. The molecule has 1 aromatic heterocycles. The summed E-state index contributed by atoms with van der Waals surface area (Å²) in [4.78, 5) is 4.10. The minimum atomic E-state index is -3.93. The van der Waals surface area contributed by atoms with Gasteiger partial charge < -0.3 is 9.26 Å². The van der Waals surface area contributed by atoms with Crippen LogP contribution in [-0.2, 0) is 15.6 Å². The number of hydrogen-bond acceptors (Lipinski definition) is 6. The first kappa shape index (κ1) is 19.1. The number of nitrogens with zero attached hydrogens (tertiary/aromatic N) is 2. The molecular formula is C17H22ClN3O4S. The summed E-state index contributed by atoms with van der Waals surface area (Å²) in [6.07, 6.45) is 3.35. The van der Waals surface area contributed by atoms with Crippen LogP contribution in [-0.4, -0.2) is 25.2 Å². The van der Waals surface area contributed by atoms with E-state index in [2.05, 4.69) is 14.9 Å². The van der Waals surface area contributed by atoms with Gasteiger partial charge in [0, 0.05) is 5.02 Å². The second-order valence-corrected chi connectivity index (χ2v) is 9.14. The molecule has 2 aromatic rings. The SMILES string of the molecule is Cc1noc(C(C)(C)NS(=O)(=O)c2cc(Cl)ccc2OCCC2CC2)n1. The number of aromatic nitrogens is 2. The Bertz CT molecular complexity index is 891. The Morgan fingerprint density at radius 2 is 2.12 bits per heavy atom. The number of rotatable bonds is 8. The zero-order valence-corrected chi connectivity index (χ0v) is 16.5. The summed E-state index contributed by atoms with van der Waals surface area (Å²) in [5.74, 6) is 1.58. The largest absolute Gasteiger partial charge is 0.492 e. The maximum Gasteiger partial charge on any atom is 0.247 e. The van der Waals surface area contributed by atoms with E-state index in [1.165, 1.54) is 18.9 Å². The van der Waals surface area contributed by atoms with Gasteiger partial charge in [-0.1, -0.05) is 29.6 Å². The zero-order chi connectivity index (χ0) is 18.9. The Morgan fingerprint density at radius 3 is 2.73 bits per heavy atom. The molecule has 0 spiro atoms. The van der Waals surface area contributed by atoms with Crippen LogP contribution in [0.2, 0.25) is 5.02 Å². The molecule has 1 aliphatic rings. The molecule has 0 unspecified atom stereocenters. The molecule has 1 saturated carbocycles. The van der Waals surface area contributed by atoms with Crippen molar-refractivity contribution in [3.05, 3.63) is 34.9 Å². The van der Waals surface area contributed by atoms with E-state index in [-0.39, 0.29) is 16.5 Å². The topological polar surface area (TPSA) is 94.3 Å². The molecule has 0 radical (unpaired) electrons. The second-order valence-electron chi connectivity index (χ2n) is 7.05. The normalized spacial score (nSPS) is 15.2. The van der Waals surface area contributed by atoms with Crippen LogP contribution in [0.3, 0.4) is 0 Å². The fourth-order valence-corrected chi connectivity index (χ4v) is 4.32. The van der Waals surface area contributed by atoms with Crippen molar-refractivity contribution >= 4 is 21.6 Å². The fraction of sp³-hybridized carbons (Fsp3) is 0.529. The third kappa shape index (κ3) is 4.55. The minimum absolute atomic E-state index is 0.00916. The lowest BCUT2D eigenvalue weighted by Gasteiger charge is -2.22. The zero-order valence-electron chi connectivity index (χ0n) is 15.0. The molecule has 1 aromatic carbocycles. The van der Waals surface area contributed by atoms with Gasteiger partial charge in [0.15, 0.2) is 5.82 Å². The molecule has 1 heterocycles. The molecule has 3 rings (SSSR count). The first-order chi connectivity index (χ1) is 12.2. The highest BCUT2D eigenvalue weighted by Gasteiger charge is 2.34.